The van der Waals surface area contributed by atoms with E-state index >= 15 is 0 Å². The van der Waals surface area contributed by atoms with Crippen molar-refractivity contribution in [3.8, 4) is 5.88 Å². The first-order chi connectivity index (χ1) is 17.8. The van der Waals surface area contributed by atoms with Gasteiger partial charge < -0.3 is 20.3 Å². The zero-order chi connectivity index (χ0) is 26.3. The Balaban J connectivity index is 1.33. The van der Waals surface area contributed by atoms with E-state index in [0.29, 0.717) is 30.8 Å². The fourth-order valence-electron chi connectivity index (χ4n) is 4.21. The molecular formula is C27H30F3N5O2. The predicted molar refractivity (Wildman–Crippen MR) is 136 cm³/mol. The number of rotatable bonds is 9. The van der Waals surface area contributed by atoms with Gasteiger partial charge in [0.25, 0.3) is 5.91 Å². The lowest BCUT2D eigenvalue weighted by Crippen LogP contribution is -2.30. The summed E-state index contributed by atoms with van der Waals surface area (Å²) < 4.78 is 44.9. The fraction of sp³-hybridized carbons (Fsp3) is 0.370. The summed E-state index contributed by atoms with van der Waals surface area (Å²) in [5, 5.41) is 5.65. The van der Waals surface area contributed by atoms with E-state index in [0.717, 1.165) is 37.2 Å². The Morgan fingerprint density at radius 2 is 1.89 bits per heavy atom. The van der Waals surface area contributed by atoms with Gasteiger partial charge in [-0.1, -0.05) is 6.07 Å². The summed E-state index contributed by atoms with van der Waals surface area (Å²) in [5.74, 6) is 0.956. The molecule has 7 nitrogen and oxygen atoms in total. The summed E-state index contributed by atoms with van der Waals surface area (Å²) >= 11 is 0. The number of benzene rings is 1. The number of halogens is 3. The molecule has 0 spiro atoms. The third-order valence-corrected chi connectivity index (χ3v) is 6.37. The average molecular weight is 514 g/mol. The topological polar surface area (TPSA) is 79.4 Å². The van der Waals surface area contributed by atoms with Crippen molar-refractivity contribution in [2.75, 3.05) is 37.4 Å². The fourth-order valence-corrected chi connectivity index (χ4v) is 4.21. The smallest absolute Gasteiger partial charge is 0.416 e. The van der Waals surface area contributed by atoms with Gasteiger partial charge >= 0.3 is 6.18 Å². The van der Waals surface area contributed by atoms with Crippen molar-refractivity contribution in [3.05, 3.63) is 77.6 Å². The molecule has 0 radical (unpaired) electrons. The van der Waals surface area contributed by atoms with Gasteiger partial charge in [-0.3, -0.25) is 4.79 Å². The number of hydrogen-bond acceptors (Lipinski definition) is 6. The molecule has 1 fully saturated rings. The number of hydrogen-bond donors (Lipinski definition) is 2. The Labute approximate surface area is 214 Å². The third-order valence-electron chi connectivity index (χ3n) is 6.37. The van der Waals surface area contributed by atoms with E-state index in [2.05, 4.69) is 32.5 Å². The number of pyridine rings is 2. The molecule has 3 heterocycles. The molecule has 0 aliphatic carbocycles. The molecular weight excluding hydrogens is 483 g/mol. The van der Waals surface area contributed by atoms with Crippen LogP contribution in [0.3, 0.4) is 0 Å². The Kier molecular flexibility index (Phi) is 8.60. The van der Waals surface area contributed by atoms with E-state index in [4.69, 9.17) is 4.74 Å². The highest BCUT2D eigenvalue weighted by atomic mass is 19.4. The van der Waals surface area contributed by atoms with Crippen LogP contribution in [0.25, 0.3) is 0 Å². The molecule has 4 rings (SSSR count). The standard InChI is InChI=1S/C27H30F3N5O2/c1-35-13-8-19(9-14-35)10-15-37-24-16-20(7-12-31-24)18-33-25-23(6-3-11-32-25)26(36)34-22-5-2-4-21(17-22)27(28,29)30/h2-7,11-12,16-17,19H,8-10,13-15,18H2,1H3,(H,32,33)(H,34,36). The summed E-state index contributed by atoms with van der Waals surface area (Å²) in [4.78, 5) is 23.7. The molecule has 10 heteroatoms. The van der Waals surface area contributed by atoms with Crippen LogP contribution < -0.4 is 15.4 Å². The normalized spacial score (nSPS) is 14.8. The van der Waals surface area contributed by atoms with Crippen LogP contribution in [0.1, 0.15) is 40.7 Å². The second-order valence-corrected chi connectivity index (χ2v) is 9.17. The monoisotopic (exact) mass is 513 g/mol. The van der Waals surface area contributed by atoms with Crippen LogP contribution in [0.15, 0.2) is 60.9 Å². The molecule has 0 atom stereocenters. The van der Waals surface area contributed by atoms with Gasteiger partial charge in [0, 0.05) is 30.7 Å². The minimum atomic E-state index is -4.50. The largest absolute Gasteiger partial charge is 0.478 e. The molecule has 1 aromatic carbocycles. The lowest BCUT2D eigenvalue weighted by atomic mass is 9.94. The highest BCUT2D eigenvalue weighted by molar-refractivity contribution is 6.07. The number of ether oxygens (including phenoxy) is 1. The van der Waals surface area contributed by atoms with Gasteiger partial charge in [-0.25, -0.2) is 9.97 Å². The van der Waals surface area contributed by atoms with E-state index in [1.165, 1.54) is 31.2 Å². The Morgan fingerprint density at radius 1 is 1.08 bits per heavy atom. The summed E-state index contributed by atoms with van der Waals surface area (Å²) in [6.45, 7) is 3.21. The van der Waals surface area contributed by atoms with Gasteiger partial charge in [-0.15, -0.1) is 0 Å². The highest BCUT2D eigenvalue weighted by Gasteiger charge is 2.30. The van der Waals surface area contributed by atoms with Gasteiger partial charge in [0.1, 0.15) is 5.82 Å². The molecule has 2 N–H and O–H groups in total. The maximum Gasteiger partial charge on any atom is 0.416 e. The number of alkyl halides is 3. The highest BCUT2D eigenvalue weighted by Crippen LogP contribution is 2.31. The molecule has 2 aromatic heterocycles. The van der Waals surface area contributed by atoms with Crippen LogP contribution in [0, 0.1) is 5.92 Å². The van der Waals surface area contributed by atoms with Gasteiger partial charge in [0.2, 0.25) is 5.88 Å². The van der Waals surface area contributed by atoms with Crippen molar-refractivity contribution >= 4 is 17.4 Å². The number of amides is 1. The number of nitrogens with zero attached hydrogens (tertiary/aromatic N) is 3. The van der Waals surface area contributed by atoms with Gasteiger partial charge in [-0.2, -0.15) is 13.2 Å². The Morgan fingerprint density at radius 3 is 2.68 bits per heavy atom. The maximum absolute atomic E-state index is 13.0. The van der Waals surface area contributed by atoms with Crippen molar-refractivity contribution in [1.29, 1.82) is 0 Å². The Bertz CT molecular complexity index is 1200. The molecule has 196 valence electrons. The minimum absolute atomic E-state index is 0.0470. The van der Waals surface area contributed by atoms with Crippen LogP contribution in [-0.2, 0) is 12.7 Å². The van der Waals surface area contributed by atoms with Crippen molar-refractivity contribution in [2.24, 2.45) is 5.92 Å². The van der Waals surface area contributed by atoms with Crippen molar-refractivity contribution in [1.82, 2.24) is 14.9 Å². The van der Waals surface area contributed by atoms with Crippen LogP contribution in [0.4, 0.5) is 24.7 Å². The number of carbonyl (C=O) groups is 1. The van der Waals surface area contributed by atoms with Crippen molar-refractivity contribution in [2.45, 2.75) is 32.0 Å². The number of piperidine rings is 1. The lowest BCUT2D eigenvalue weighted by Gasteiger charge is -2.28. The quantitative estimate of drug-likeness (QED) is 0.395. The predicted octanol–water partition coefficient (Wildman–Crippen LogP) is 5.47. The first kappa shape index (κ1) is 26.4. The van der Waals surface area contributed by atoms with Crippen LogP contribution in [-0.4, -0.2) is 47.5 Å². The van der Waals surface area contributed by atoms with Crippen LogP contribution in [0.2, 0.25) is 0 Å². The SMILES string of the molecule is CN1CCC(CCOc2cc(CNc3ncccc3C(=O)Nc3cccc(C(F)(F)F)c3)ccn2)CC1. The number of aromatic nitrogens is 2. The molecule has 1 saturated heterocycles. The molecule has 3 aromatic rings. The van der Waals surface area contributed by atoms with E-state index in [1.807, 2.05) is 12.1 Å². The second-order valence-electron chi connectivity index (χ2n) is 9.17. The second kappa shape index (κ2) is 12.1. The average Bonchev–Trinajstić information content (AvgIpc) is 2.89. The van der Waals surface area contributed by atoms with Crippen molar-refractivity contribution < 1.29 is 22.7 Å². The first-order valence-electron chi connectivity index (χ1n) is 12.2. The summed E-state index contributed by atoms with van der Waals surface area (Å²) in [7, 11) is 2.15. The molecule has 0 bridgehead atoms. The lowest BCUT2D eigenvalue weighted by molar-refractivity contribution is -0.137. The zero-order valence-electron chi connectivity index (χ0n) is 20.6. The molecule has 1 amide bonds. The Hall–Kier alpha value is -3.66. The molecule has 1 aliphatic rings. The van der Waals surface area contributed by atoms with E-state index < -0.39 is 17.6 Å². The number of nitrogens with one attached hydrogen (secondary N) is 2. The van der Waals surface area contributed by atoms with Gasteiger partial charge in [0.05, 0.1) is 17.7 Å². The van der Waals surface area contributed by atoms with Gasteiger partial charge in [-0.05, 0) is 87.3 Å². The van der Waals surface area contributed by atoms with Gasteiger partial charge in [0.15, 0.2) is 0 Å². The summed E-state index contributed by atoms with van der Waals surface area (Å²) in [5.41, 5.74) is 0.311. The minimum Gasteiger partial charge on any atom is -0.478 e. The maximum atomic E-state index is 13.0. The number of anilines is 2. The summed E-state index contributed by atoms with van der Waals surface area (Å²) in [6.07, 6.45) is 2.07. The van der Waals surface area contributed by atoms with E-state index in [9.17, 15) is 18.0 Å². The zero-order valence-corrected chi connectivity index (χ0v) is 20.6. The van der Waals surface area contributed by atoms with Crippen LogP contribution in [0.5, 0.6) is 5.88 Å². The van der Waals surface area contributed by atoms with Crippen LogP contribution >= 0.6 is 0 Å². The molecule has 0 saturated carbocycles. The van der Waals surface area contributed by atoms with E-state index in [1.54, 1.807) is 18.3 Å². The van der Waals surface area contributed by atoms with Crippen molar-refractivity contribution in [3.63, 3.8) is 0 Å². The number of likely N-dealkylation sites (tertiary alicyclic amines) is 1. The number of carbonyl (C=O) groups excluding carboxylic acids is 1. The molecule has 1 aliphatic heterocycles. The molecule has 37 heavy (non-hydrogen) atoms. The third kappa shape index (κ3) is 7.66. The first-order valence-corrected chi connectivity index (χ1v) is 12.2. The molecule has 0 unspecified atom stereocenters. The van der Waals surface area contributed by atoms with E-state index in [-0.39, 0.29) is 11.3 Å². The summed E-state index contributed by atoms with van der Waals surface area (Å²) in [6, 6.07) is 11.3.